The number of nitrogens with one attached hydrogen (secondary N) is 2. The molecule has 2 heterocycles. The van der Waals surface area contributed by atoms with Gasteiger partial charge in [0.05, 0.1) is 6.61 Å². The van der Waals surface area contributed by atoms with Crippen LogP contribution in [0.1, 0.15) is 71.1 Å². The van der Waals surface area contributed by atoms with Crippen LogP contribution >= 0.6 is 0 Å². The van der Waals surface area contributed by atoms with Crippen molar-refractivity contribution in [2.24, 2.45) is 5.92 Å². The van der Waals surface area contributed by atoms with Crippen molar-refractivity contribution >= 4 is 5.97 Å². The van der Waals surface area contributed by atoms with E-state index < -0.39 is 5.54 Å². The van der Waals surface area contributed by atoms with E-state index in [2.05, 4.69) is 28.1 Å². The smallest absolute Gasteiger partial charge is 0.328 e. The number of carbonyl (C=O) groups is 1. The number of hydrogen-bond donors (Lipinski definition) is 2. The normalized spacial score (nSPS) is 36.7. The Morgan fingerprint density at radius 1 is 1.21 bits per heavy atom. The van der Waals surface area contributed by atoms with Crippen LogP contribution in [0.4, 0.5) is 0 Å². The Labute approximate surface area is 146 Å². The Bertz CT molecular complexity index is 454. The molecule has 1 saturated heterocycles. The Kier molecular flexibility index (Phi) is 6.31. The molecule has 136 valence electrons. The Hall–Kier alpha value is -0.910. The van der Waals surface area contributed by atoms with Crippen molar-refractivity contribution in [3.63, 3.8) is 0 Å². The minimum absolute atomic E-state index is 0.118. The van der Waals surface area contributed by atoms with Gasteiger partial charge >= 0.3 is 5.97 Å². The van der Waals surface area contributed by atoms with Crippen molar-refractivity contribution in [3.05, 3.63) is 12.2 Å². The standard InChI is InChI=1S/C19H33N3O2/c1-2-24-18(23)19-15-16(19)11-8-6-4-3-5-7-9-12-17-13-10-14-22(17)21-20-19/h8,11,16-17,20-21H,2-7,9-10,12-15H2,1H3/b11-8+. The fourth-order valence-electron chi connectivity index (χ4n) is 4.10. The Balaban J connectivity index is 1.66. The van der Waals surface area contributed by atoms with E-state index >= 15 is 0 Å². The summed E-state index contributed by atoms with van der Waals surface area (Å²) in [5.74, 6) is 0.127. The number of nitrogens with zero attached hydrogens (tertiary/aromatic N) is 1. The maximum absolute atomic E-state index is 12.5. The van der Waals surface area contributed by atoms with Crippen LogP contribution in [0.15, 0.2) is 12.2 Å². The van der Waals surface area contributed by atoms with Gasteiger partial charge in [0.2, 0.25) is 0 Å². The summed E-state index contributed by atoms with van der Waals surface area (Å²) in [5, 5.41) is 2.31. The van der Waals surface area contributed by atoms with Crippen LogP contribution in [0.3, 0.4) is 0 Å². The molecular weight excluding hydrogens is 302 g/mol. The molecule has 0 aromatic heterocycles. The van der Waals surface area contributed by atoms with Crippen molar-refractivity contribution in [3.8, 4) is 0 Å². The van der Waals surface area contributed by atoms with E-state index in [0.717, 1.165) is 19.4 Å². The van der Waals surface area contributed by atoms with Gasteiger partial charge in [-0.1, -0.05) is 37.8 Å². The molecule has 2 aliphatic heterocycles. The van der Waals surface area contributed by atoms with Crippen LogP contribution in [0, 0.1) is 5.92 Å². The molecule has 0 aromatic rings. The van der Waals surface area contributed by atoms with Gasteiger partial charge in [-0.15, -0.1) is 0 Å². The predicted octanol–water partition coefficient (Wildman–Crippen LogP) is 3.08. The summed E-state index contributed by atoms with van der Waals surface area (Å²) >= 11 is 0. The molecule has 0 amide bonds. The van der Waals surface area contributed by atoms with E-state index in [4.69, 9.17) is 4.74 Å². The second-order valence-electron chi connectivity index (χ2n) is 7.50. The molecule has 3 aliphatic rings. The maximum Gasteiger partial charge on any atom is 0.328 e. The van der Waals surface area contributed by atoms with Gasteiger partial charge in [0.25, 0.3) is 0 Å². The number of rotatable bonds is 2. The van der Waals surface area contributed by atoms with E-state index in [1.54, 1.807) is 0 Å². The highest BCUT2D eigenvalue weighted by Gasteiger charge is 2.60. The van der Waals surface area contributed by atoms with Crippen LogP contribution in [0.2, 0.25) is 0 Å². The lowest BCUT2D eigenvalue weighted by Gasteiger charge is -2.28. The summed E-state index contributed by atoms with van der Waals surface area (Å²) in [6.07, 6.45) is 16.7. The molecular formula is C19H33N3O2. The summed E-state index contributed by atoms with van der Waals surface area (Å²) < 4.78 is 5.33. The minimum atomic E-state index is -0.570. The quantitative estimate of drug-likeness (QED) is 0.600. The zero-order valence-electron chi connectivity index (χ0n) is 15.1. The lowest BCUT2D eigenvalue weighted by atomic mass is 10.0. The molecule has 2 fully saturated rings. The average molecular weight is 335 g/mol. The topological polar surface area (TPSA) is 53.6 Å². The van der Waals surface area contributed by atoms with Gasteiger partial charge < -0.3 is 4.74 Å². The fourth-order valence-corrected chi connectivity index (χ4v) is 4.10. The molecule has 0 aromatic carbocycles. The van der Waals surface area contributed by atoms with Crippen molar-refractivity contribution in [2.75, 3.05) is 13.2 Å². The van der Waals surface area contributed by atoms with Crippen LogP contribution < -0.4 is 11.0 Å². The van der Waals surface area contributed by atoms with Crippen molar-refractivity contribution in [1.82, 2.24) is 16.0 Å². The Morgan fingerprint density at radius 2 is 2.00 bits per heavy atom. The molecule has 0 bridgehead atoms. The number of ether oxygens (including phenoxy) is 1. The van der Waals surface area contributed by atoms with Gasteiger partial charge in [-0.2, -0.15) is 5.53 Å². The zero-order chi connectivity index (χ0) is 16.8. The van der Waals surface area contributed by atoms with Crippen molar-refractivity contribution in [2.45, 2.75) is 82.7 Å². The Morgan fingerprint density at radius 3 is 2.88 bits per heavy atom. The van der Waals surface area contributed by atoms with Crippen LogP contribution in [0.25, 0.3) is 0 Å². The summed E-state index contributed by atoms with van der Waals surface area (Å²) in [4.78, 5) is 12.5. The molecule has 24 heavy (non-hydrogen) atoms. The van der Waals surface area contributed by atoms with Gasteiger partial charge in [0.15, 0.2) is 0 Å². The summed E-state index contributed by atoms with van der Waals surface area (Å²) in [6, 6.07) is 0.592. The second-order valence-corrected chi connectivity index (χ2v) is 7.50. The summed E-state index contributed by atoms with van der Waals surface area (Å²) in [5.41, 5.74) is 6.15. The number of carbonyl (C=O) groups excluding carboxylic acids is 1. The first-order valence-corrected chi connectivity index (χ1v) is 9.89. The van der Waals surface area contributed by atoms with Gasteiger partial charge in [0.1, 0.15) is 5.54 Å². The number of hydrazine groups is 2. The van der Waals surface area contributed by atoms with Crippen molar-refractivity contribution in [1.29, 1.82) is 0 Å². The van der Waals surface area contributed by atoms with Crippen LogP contribution in [-0.4, -0.2) is 35.7 Å². The molecule has 5 heteroatoms. The molecule has 2 N–H and O–H groups in total. The third-order valence-electron chi connectivity index (χ3n) is 5.73. The average Bonchev–Trinajstić information content (AvgIpc) is 3.11. The molecule has 3 atom stereocenters. The highest BCUT2D eigenvalue weighted by Crippen LogP contribution is 2.45. The van der Waals surface area contributed by atoms with E-state index in [0.29, 0.717) is 12.6 Å². The second kappa shape index (κ2) is 8.45. The van der Waals surface area contributed by atoms with Crippen LogP contribution in [-0.2, 0) is 9.53 Å². The lowest BCUT2D eigenvalue weighted by Crippen LogP contribution is -2.57. The third kappa shape index (κ3) is 4.19. The lowest BCUT2D eigenvalue weighted by molar-refractivity contribution is -0.148. The monoisotopic (exact) mass is 335 g/mol. The molecule has 1 aliphatic carbocycles. The van der Waals surface area contributed by atoms with E-state index in [1.165, 1.54) is 51.4 Å². The highest BCUT2D eigenvalue weighted by molar-refractivity contribution is 5.85. The minimum Gasteiger partial charge on any atom is -0.465 e. The van der Waals surface area contributed by atoms with E-state index in [9.17, 15) is 4.79 Å². The summed E-state index contributed by atoms with van der Waals surface area (Å²) in [7, 11) is 0. The van der Waals surface area contributed by atoms with Gasteiger partial charge in [-0.05, 0) is 45.4 Å². The maximum atomic E-state index is 12.5. The summed E-state index contributed by atoms with van der Waals surface area (Å²) in [6.45, 7) is 3.36. The SMILES string of the molecule is CCOC(=O)C12CC1/C=C/CCCCCCCC1CCCN1NN2. The van der Waals surface area contributed by atoms with Crippen LogP contribution in [0.5, 0.6) is 0 Å². The molecule has 3 unspecified atom stereocenters. The number of fused-ring (bicyclic) bond motifs is 2. The molecule has 0 radical (unpaired) electrons. The first kappa shape index (κ1) is 17.9. The first-order chi connectivity index (χ1) is 11.8. The van der Waals surface area contributed by atoms with Gasteiger partial charge in [0, 0.05) is 18.5 Å². The van der Waals surface area contributed by atoms with Gasteiger partial charge in [-0.25, -0.2) is 15.2 Å². The molecule has 1 saturated carbocycles. The van der Waals surface area contributed by atoms with Gasteiger partial charge in [-0.3, -0.25) is 0 Å². The first-order valence-electron chi connectivity index (χ1n) is 9.89. The molecule has 0 spiro atoms. The highest BCUT2D eigenvalue weighted by atomic mass is 16.5. The van der Waals surface area contributed by atoms with Crippen molar-refractivity contribution < 1.29 is 9.53 Å². The van der Waals surface area contributed by atoms with E-state index in [-0.39, 0.29) is 11.9 Å². The predicted molar refractivity (Wildman–Crippen MR) is 94.9 cm³/mol. The number of esters is 1. The molecule has 3 rings (SSSR count). The molecule has 5 nitrogen and oxygen atoms in total. The largest absolute Gasteiger partial charge is 0.465 e. The third-order valence-corrected chi connectivity index (χ3v) is 5.73. The number of hydrogen-bond acceptors (Lipinski definition) is 5. The number of allylic oxidation sites excluding steroid dienone is 1. The zero-order valence-corrected chi connectivity index (χ0v) is 15.1. The fraction of sp³-hybridized carbons (Fsp3) is 0.842. The van der Waals surface area contributed by atoms with E-state index in [1.807, 2.05) is 6.92 Å².